The number of para-hydroxylation sites is 1. The molecule has 1 heterocycles. The monoisotopic (exact) mass is 452 g/mol. The van der Waals surface area contributed by atoms with E-state index >= 15 is 0 Å². The molecule has 26 heavy (non-hydrogen) atoms. The van der Waals surface area contributed by atoms with E-state index in [4.69, 9.17) is 20.8 Å². The SMILES string of the molecule is CC(Sc1nnc(COc2ccccc2Cl)o1)C(=O)c1ccc(Br)cc1. The lowest BCUT2D eigenvalue weighted by molar-refractivity contribution is 0.0993. The number of carbonyl (C=O) groups is 1. The molecule has 0 aliphatic heterocycles. The second kappa shape index (κ2) is 8.70. The summed E-state index contributed by atoms with van der Waals surface area (Å²) in [7, 11) is 0. The largest absolute Gasteiger partial charge is 0.482 e. The summed E-state index contributed by atoms with van der Waals surface area (Å²) in [4.78, 5) is 12.4. The van der Waals surface area contributed by atoms with E-state index in [1.165, 1.54) is 11.8 Å². The van der Waals surface area contributed by atoms with Crippen molar-refractivity contribution >= 4 is 45.1 Å². The number of thioether (sulfide) groups is 1. The van der Waals surface area contributed by atoms with Gasteiger partial charge in [0, 0.05) is 10.0 Å². The number of hydrogen-bond donors (Lipinski definition) is 0. The molecule has 3 aromatic rings. The van der Waals surface area contributed by atoms with E-state index in [-0.39, 0.29) is 17.6 Å². The number of hydrogen-bond acceptors (Lipinski definition) is 6. The van der Waals surface area contributed by atoms with Gasteiger partial charge in [-0.2, -0.15) is 0 Å². The molecule has 8 heteroatoms. The van der Waals surface area contributed by atoms with E-state index in [0.29, 0.717) is 27.4 Å². The molecule has 3 rings (SSSR count). The normalized spacial score (nSPS) is 12.0. The molecule has 1 unspecified atom stereocenters. The highest BCUT2D eigenvalue weighted by Crippen LogP contribution is 2.27. The molecule has 5 nitrogen and oxygen atoms in total. The summed E-state index contributed by atoms with van der Waals surface area (Å²) in [6.45, 7) is 1.91. The molecule has 0 bridgehead atoms. The quantitative estimate of drug-likeness (QED) is 0.351. The van der Waals surface area contributed by atoms with Gasteiger partial charge in [0.05, 0.1) is 10.3 Å². The molecule has 0 saturated heterocycles. The van der Waals surface area contributed by atoms with Crippen molar-refractivity contribution in [3.8, 4) is 5.75 Å². The lowest BCUT2D eigenvalue weighted by Crippen LogP contribution is -2.13. The van der Waals surface area contributed by atoms with E-state index in [0.717, 1.165) is 4.47 Å². The average Bonchev–Trinajstić information content (AvgIpc) is 3.08. The Morgan fingerprint density at radius 1 is 1.23 bits per heavy atom. The second-order valence-electron chi connectivity index (χ2n) is 5.31. The number of ketones is 1. The predicted octanol–water partition coefficient (Wildman–Crippen LogP) is 5.43. The lowest BCUT2D eigenvalue weighted by Gasteiger charge is -2.07. The topological polar surface area (TPSA) is 65.2 Å². The number of ether oxygens (including phenoxy) is 1. The van der Waals surface area contributed by atoms with Crippen molar-refractivity contribution in [3.05, 3.63) is 69.5 Å². The molecule has 1 atom stereocenters. The van der Waals surface area contributed by atoms with Crippen molar-refractivity contribution in [2.45, 2.75) is 24.0 Å². The zero-order valence-corrected chi connectivity index (χ0v) is 16.8. The van der Waals surface area contributed by atoms with Crippen molar-refractivity contribution in [2.24, 2.45) is 0 Å². The van der Waals surface area contributed by atoms with Gasteiger partial charge in [-0.05, 0) is 31.2 Å². The Kier molecular flexibility index (Phi) is 6.34. The maximum atomic E-state index is 12.4. The summed E-state index contributed by atoms with van der Waals surface area (Å²) >= 11 is 10.6. The molecule has 0 spiro atoms. The molecular formula is C18H14BrClN2O3S. The first-order valence-electron chi connectivity index (χ1n) is 7.69. The van der Waals surface area contributed by atoms with Crippen LogP contribution in [0.1, 0.15) is 23.2 Å². The van der Waals surface area contributed by atoms with Crippen molar-refractivity contribution in [1.82, 2.24) is 10.2 Å². The molecule has 0 amide bonds. The maximum absolute atomic E-state index is 12.4. The molecule has 0 N–H and O–H groups in total. The molecule has 2 aromatic carbocycles. The Balaban J connectivity index is 1.58. The minimum absolute atomic E-state index is 0.00503. The number of rotatable bonds is 7. The van der Waals surface area contributed by atoms with Crippen LogP contribution in [0.4, 0.5) is 0 Å². The summed E-state index contributed by atoms with van der Waals surface area (Å²) in [6, 6.07) is 14.4. The summed E-state index contributed by atoms with van der Waals surface area (Å²) in [5.74, 6) is 0.852. The number of Topliss-reactive ketones (excluding diaryl/α,β-unsaturated/α-hetero) is 1. The molecule has 0 aliphatic rings. The molecular weight excluding hydrogens is 440 g/mol. The van der Waals surface area contributed by atoms with Gasteiger partial charge in [-0.15, -0.1) is 10.2 Å². The van der Waals surface area contributed by atoms with Crippen LogP contribution in [-0.4, -0.2) is 21.2 Å². The maximum Gasteiger partial charge on any atom is 0.277 e. The molecule has 0 aliphatic carbocycles. The first-order chi connectivity index (χ1) is 12.5. The number of benzene rings is 2. The Hall–Kier alpha value is -1.83. The number of carbonyl (C=O) groups excluding carboxylic acids is 1. The van der Waals surface area contributed by atoms with Crippen molar-refractivity contribution < 1.29 is 13.9 Å². The smallest absolute Gasteiger partial charge is 0.277 e. The first kappa shape index (κ1) is 18.9. The standard InChI is InChI=1S/C18H14BrClN2O3S/c1-11(17(23)12-6-8-13(19)9-7-12)26-18-22-21-16(25-18)10-24-15-5-3-2-4-14(15)20/h2-9,11H,10H2,1H3. The fraction of sp³-hybridized carbons (Fsp3) is 0.167. The lowest BCUT2D eigenvalue weighted by atomic mass is 10.1. The number of aromatic nitrogens is 2. The fourth-order valence-corrected chi connectivity index (χ4v) is 3.33. The highest BCUT2D eigenvalue weighted by molar-refractivity contribution is 9.10. The Bertz CT molecular complexity index is 901. The Morgan fingerprint density at radius 3 is 2.69 bits per heavy atom. The van der Waals surface area contributed by atoms with Crippen molar-refractivity contribution in [1.29, 1.82) is 0 Å². The highest BCUT2D eigenvalue weighted by Gasteiger charge is 2.20. The Labute approximate surface area is 168 Å². The van der Waals surface area contributed by atoms with Gasteiger partial charge in [-0.1, -0.05) is 63.6 Å². The summed E-state index contributed by atoms with van der Waals surface area (Å²) in [5, 5.41) is 8.37. The van der Waals surface area contributed by atoms with Gasteiger partial charge in [0.25, 0.3) is 11.1 Å². The van der Waals surface area contributed by atoms with Crippen LogP contribution in [0, 0.1) is 0 Å². The zero-order chi connectivity index (χ0) is 18.5. The molecule has 134 valence electrons. The second-order valence-corrected chi connectivity index (χ2v) is 7.93. The molecule has 0 radical (unpaired) electrons. The highest BCUT2D eigenvalue weighted by atomic mass is 79.9. The van der Waals surface area contributed by atoms with Crippen molar-refractivity contribution in [2.75, 3.05) is 0 Å². The number of halogens is 2. The van der Waals surface area contributed by atoms with E-state index in [1.54, 1.807) is 31.2 Å². The minimum Gasteiger partial charge on any atom is -0.482 e. The van der Waals surface area contributed by atoms with Gasteiger partial charge in [0.2, 0.25) is 0 Å². The Morgan fingerprint density at radius 2 is 1.96 bits per heavy atom. The third kappa shape index (κ3) is 4.87. The van der Waals surface area contributed by atoms with Crippen LogP contribution in [0.3, 0.4) is 0 Å². The minimum atomic E-state index is -0.353. The van der Waals surface area contributed by atoms with Crippen LogP contribution in [0.15, 0.2) is 62.6 Å². The third-order valence-corrected chi connectivity index (χ3v) is 5.19. The molecule has 0 saturated carbocycles. The van der Waals surface area contributed by atoms with Crippen LogP contribution in [0.2, 0.25) is 5.02 Å². The van der Waals surface area contributed by atoms with E-state index in [9.17, 15) is 4.79 Å². The predicted molar refractivity (Wildman–Crippen MR) is 104 cm³/mol. The molecule has 1 aromatic heterocycles. The molecule has 0 fully saturated rings. The van der Waals surface area contributed by atoms with Gasteiger partial charge in [0.15, 0.2) is 12.4 Å². The summed E-state index contributed by atoms with van der Waals surface area (Å²) in [5.41, 5.74) is 0.634. The van der Waals surface area contributed by atoms with Gasteiger partial charge in [-0.25, -0.2) is 0 Å². The van der Waals surface area contributed by atoms with Crippen LogP contribution in [-0.2, 0) is 6.61 Å². The van der Waals surface area contributed by atoms with E-state index in [1.807, 2.05) is 24.3 Å². The van der Waals surface area contributed by atoms with Crippen LogP contribution in [0.5, 0.6) is 5.75 Å². The van der Waals surface area contributed by atoms with Gasteiger partial charge < -0.3 is 9.15 Å². The number of nitrogens with zero attached hydrogens (tertiary/aromatic N) is 2. The van der Waals surface area contributed by atoms with Gasteiger partial charge in [0.1, 0.15) is 5.75 Å². The van der Waals surface area contributed by atoms with E-state index < -0.39 is 0 Å². The van der Waals surface area contributed by atoms with Gasteiger partial charge >= 0.3 is 0 Å². The summed E-state index contributed by atoms with van der Waals surface area (Å²) < 4.78 is 12.0. The van der Waals surface area contributed by atoms with Crippen LogP contribution < -0.4 is 4.74 Å². The van der Waals surface area contributed by atoms with Crippen LogP contribution >= 0.6 is 39.3 Å². The fourth-order valence-electron chi connectivity index (χ4n) is 2.10. The van der Waals surface area contributed by atoms with Crippen LogP contribution in [0.25, 0.3) is 0 Å². The first-order valence-corrected chi connectivity index (χ1v) is 9.74. The van der Waals surface area contributed by atoms with Crippen molar-refractivity contribution in [3.63, 3.8) is 0 Å². The van der Waals surface area contributed by atoms with Gasteiger partial charge in [-0.3, -0.25) is 4.79 Å². The summed E-state index contributed by atoms with van der Waals surface area (Å²) in [6.07, 6.45) is 0. The third-order valence-electron chi connectivity index (χ3n) is 3.41. The van der Waals surface area contributed by atoms with E-state index in [2.05, 4.69) is 26.1 Å². The zero-order valence-electron chi connectivity index (χ0n) is 13.7. The average molecular weight is 454 g/mol.